The molecule has 8 heteroatoms. The van der Waals surface area contributed by atoms with E-state index in [1.165, 1.54) is 33.3 Å². The molecule has 0 aliphatic carbocycles. The fourth-order valence-corrected chi connectivity index (χ4v) is 2.52. The van der Waals surface area contributed by atoms with Crippen LogP contribution in [-0.2, 0) is 15.0 Å². The molecule has 0 saturated heterocycles. The number of hydrogen-bond acceptors (Lipinski definition) is 3. The number of rotatable bonds is 6. The van der Waals surface area contributed by atoms with Crippen molar-refractivity contribution in [2.75, 3.05) is 27.7 Å². The largest absolute Gasteiger partial charge is 0.348 e. The molecule has 6 nitrogen and oxygen atoms in total. The van der Waals surface area contributed by atoms with Gasteiger partial charge in [0.15, 0.2) is 0 Å². The maximum absolute atomic E-state index is 12.8. The topological polar surface area (TPSA) is 69.7 Å². The number of nitrogens with zero attached hydrogens (tertiary/aromatic N) is 2. The Morgan fingerprint density at radius 1 is 1.24 bits per heavy atom. The summed E-state index contributed by atoms with van der Waals surface area (Å²) >= 11 is 0. The van der Waals surface area contributed by atoms with Gasteiger partial charge < -0.3 is 5.32 Å². The minimum Gasteiger partial charge on any atom is -0.348 e. The lowest BCUT2D eigenvalue weighted by atomic mass is 10.1. The average Bonchev–Trinajstić information content (AvgIpc) is 2.38. The number of hydrogen-bond donors (Lipinski definition) is 1. The van der Waals surface area contributed by atoms with E-state index in [9.17, 15) is 17.6 Å². The highest BCUT2D eigenvalue weighted by Gasteiger charge is 2.23. The highest BCUT2D eigenvalue weighted by Crippen LogP contribution is 2.12. The van der Waals surface area contributed by atoms with Gasteiger partial charge in [-0.1, -0.05) is 12.1 Å². The Hall–Kier alpha value is -1.51. The second kappa shape index (κ2) is 6.97. The zero-order valence-electron chi connectivity index (χ0n) is 12.5. The zero-order chi connectivity index (χ0) is 16.2. The van der Waals surface area contributed by atoms with Gasteiger partial charge in [-0.3, -0.25) is 4.79 Å². The Morgan fingerprint density at radius 2 is 1.76 bits per heavy atom. The Bertz CT molecular complexity index is 587. The van der Waals surface area contributed by atoms with Crippen molar-refractivity contribution in [1.29, 1.82) is 0 Å². The maximum atomic E-state index is 12.8. The predicted molar refractivity (Wildman–Crippen MR) is 78.2 cm³/mol. The standard InChI is InChI=1S/C13H20FN3O3S/c1-10(11-5-7-12(14)8-6-11)15-13(18)9-17(4)21(19,20)16(2)3/h5-8,10H,9H2,1-4H3,(H,15,18)/t10-/m1/s1. The van der Waals surface area contributed by atoms with E-state index in [0.29, 0.717) is 0 Å². The molecule has 21 heavy (non-hydrogen) atoms. The van der Waals surface area contributed by atoms with Crippen molar-refractivity contribution >= 4 is 16.1 Å². The summed E-state index contributed by atoms with van der Waals surface area (Å²) in [5.41, 5.74) is 0.739. The maximum Gasteiger partial charge on any atom is 0.281 e. The first-order valence-electron chi connectivity index (χ1n) is 6.33. The van der Waals surface area contributed by atoms with Gasteiger partial charge in [0.2, 0.25) is 5.91 Å². The number of halogens is 1. The molecule has 0 aliphatic rings. The van der Waals surface area contributed by atoms with E-state index >= 15 is 0 Å². The first-order chi connectivity index (χ1) is 9.64. The normalized spacial score (nSPS) is 13.5. The van der Waals surface area contributed by atoms with E-state index in [-0.39, 0.29) is 18.4 Å². The van der Waals surface area contributed by atoms with Gasteiger partial charge >= 0.3 is 0 Å². The van der Waals surface area contributed by atoms with Crippen LogP contribution < -0.4 is 5.32 Å². The van der Waals surface area contributed by atoms with Crippen LogP contribution in [0.15, 0.2) is 24.3 Å². The summed E-state index contributed by atoms with van der Waals surface area (Å²) in [6, 6.07) is 5.41. The Kier molecular flexibility index (Phi) is 5.82. The summed E-state index contributed by atoms with van der Waals surface area (Å²) in [5, 5.41) is 2.67. The highest BCUT2D eigenvalue weighted by molar-refractivity contribution is 7.86. The second-order valence-electron chi connectivity index (χ2n) is 4.89. The Morgan fingerprint density at radius 3 is 2.24 bits per heavy atom. The van der Waals surface area contributed by atoms with E-state index in [4.69, 9.17) is 0 Å². The minimum atomic E-state index is -3.62. The summed E-state index contributed by atoms with van der Waals surface area (Å²) in [6.45, 7) is 1.46. The summed E-state index contributed by atoms with van der Waals surface area (Å²) in [4.78, 5) is 11.9. The molecular formula is C13H20FN3O3S. The van der Waals surface area contributed by atoms with Crippen LogP contribution in [0.5, 0.6) is 0 Å². The van der Waals surface area contributed by atoms with Crippen molar-refractivity contribution < 1.29 is 17.6 Å². The van der Waals surface area contributed by atoms with Crippen LogP contribution in [0.1, 0.15) is 18.5 Å². The summed E-state index contributed by atoms with van der Waals surface area (Å²) in [5.74, 6) is -0.783. The molecule has 0 unspecified atom stereocenters. The van der Waals surface area contributed by atoms with Gasteiger partial charge in [0.25, 0.3) is 10.2 Å². The lowest BCUT2D eigenvalue weighted by molar-refractivity contribution is -0.121. The smallest absolute Gasteiger partial charge is 0.281 e. The molecule has 1 aromatic rings. The summed E-state index contributed by atoms with van der Waals surface area (Å²) in [7, 11) is 0.497. The molecule has 0 spiro atoms. The number of carbonyl (C=O) groups is 1. The SMILES string of the molecule is C[C@@H](NC(=O)CN(C)S(=O)(=O)N(C)C)c1ccc(F)cc1. The van der Waals surface area contributed by atoms with Crippen molar-refractivity contribution in [3.05, 3.63) is 35.6 Å². The van der Waals surface area contributed by atoms with Gasteiger partial charge in [-0.15, -0.1) is 0 Å². The molecule has 0 heterocycles. The first kappa shape index (κ1) is 17.5. The average molecular weight is 317 g/mol. The lowest BCUT2D eigenvalue weighted by Gasteiger charge is -2.22. The van der Waals surface area contributed by atoms with E-state index in [1.54, 1.807) is 19.1 Å². The number of nitrogens with one attached hydrogen (secondary N) is 1. The van der Waals surface area contributed by atoms with Gasteiger partial charge in [0.05, 0.1) is 12.6 Å². The van der Waals surface area contributed by atoms with Crippen molar-refractivity contribution in [2.45, 2.75) is 13.0 Å². The van der Waals surface area contributed by atoms with Crippen molar-refractivity contribution in [2.24, 2.45) is 0 Å². The molecule has 0 fully saturated rings. The number of likely N-dealkylation sites (N-methyl/N-ethyl adjacent to an activating group) is 1. The van der Waals surface area contributed by atoms with Crippen LogP contribution in [0.25, 0.3) is 0 Å². The fraction of sp³-hybridized carbons (Fsp3) is 0.462. The highest BCUT2D eigenvalue weighted by atomic mass is 32.2. The zero-order valence-corrected chi connectivity index (χ0v) is 13.3. The molecule has 1 N–H and O–H groups in total. The number of carbonyl (C=O) groups excluding carboxylic acids is 1. The van der Waals surface area contributed by atoms with Gasteiger partial charge in [-0.2, -0.15) is 17.0 Å². The van der Waals surface area contributed by atoms with Crippen LogP contribution in [0.2, 0.25) is 0 Å². The molecule has 0 aromatic heterocycles. The molecule has 1 rings (SSSR count). The first-order valence-corrected chi connectivity index (χ1v) is 7.73. The van der Waals surface area contributed by atoms with Crippen molar-refractivity contribution in [3.8, 4) is 0 Å². The van der Waals surface area contributed by atoms with Gasteiger partial charge in [-0.25, -0.2) is 4.39 Å². The molecule has 0 radical (unpaired) electrons. The third kappa shape index (κ3) is 4.76. The molecule has 118 valence electrons. The monoisotopic (exact) mass is 317 g/mol. The van der Waals surface area contributed by atoms with Crippen LogP contribution in [0.4, 0.5) is 4.39 Å². The summed E-state index contributed by atoms with van der Waals surface area (Å²) in [6.07, 6.45) is 0. The van der Waals surface area contributed by atoms with E-state index in [2.05, 4.69) is 5.32 Å². The van der Waals surface area contributed by atoms with Crippen LogP contribution in [0.3, 0.4) is 0 Å². The molecule has 1 aromatic carbocycles. The molecule has 0 saturated carbocycles. The summed E-state index contributed by atoms with van der Waals surface area (Å²) < 4.78 is 38.4. The van der Waals surface area contributed by atoms with Crippen LogP contribution >= 0.6 is 0 Å². The van der Waals surface area contributed by atoms with E-state index < -0.39 is 16.1 Å². The van der Waals surface area contributed by atoms with E-state index in [1.807, 2.05) is 0 Å². The molecule has 0 bridgehead atoms. The van der Waals surface area contributed by atoms with Gasteiger partial charge in [0, 0.05) is 21.1 Å². The third-order valence-corrected chi connectivity index (χ3v) is 4.81. The minimum absolute atomic E-state index is 0.286. The van der Waals surface area contributed by atoms with Crippen LogP contribution in [-0.4, -0.2) is 50.6 Å². The molecular weight excluding hydrogens is 297 g/mol. The van der Waals surface area contributed by atoms with Crippen molar-refractivity contribution in [3.63, 3.8) is 0 Å². The number of benzene rings is 1. The lowest BCUT2D eigenvalue weighted by Crippen LogP contribution is -2.43. The Labute approximate surface area is 124 Å². The molecule has 1 atom stereocenters. The Balaban J connectivity index is 2.63. The third-order valence-electron chi connectivity index (χ3n) is 2.97. The van der Waals surface area contributed by atoms with Gasteiger partial charge in [0.1, 0.15) is 5.82 Å². The fourth-order valence-electron chi connectivity index (χ4n) is 1.68. The second-order valence-corrected chi connectivity index (χ2v) is 7.14. The van der Waals surface area contributed by atoms with Crippen molar-refractivity contribution in [1.82, 2.24) is 13.9 Å². The predicted octanol–water partition coefficient (Wildman–Crippen LogP) is 0.741. The van der Waals surface area contributed by atoms with E-state index in [0.717, 1.165) is 14.2 Å². The number of amides is 1. The van der Waals surface area contributed by atoms with Gasteiger partial charge in [-0.05, 0) is 24.6 Å². The quantitative estimate of drug-likeness (QED) is 0.841. The van der Waals surface area contributed by atoms with Crippen LogP contribution in [0, 0.1) is 5.82 Å². The molecule has 1 amide bonds. The molecule has 0 aliphatic heterocycles.